The first-order valence-electron chi connectivity index (χ1n) is 6.76. The molecule has 1 aromatic carbocycles. The highest BCUT2D eigenvalue weighted by molar-refractivity contribution is 6.60. The molecule has 0 atom stereocenters. The first kappa shape index (κ1) is 15.8. The number of ether oxygens (including phenoxy) is 1. The van der Waals surface area contributed by atoms with E-state index in [1.54, 1.807) is 18.2 Å². The van der Waals surface area contributed by atoms with Crippen LogP contribution in [-0.4, -0.2) is 48.4 Å². The van der Waals surface area contributed by atoms with Crippen LogP contribution in [0, 0.1) is 0 Å². The van der Waals surface area contributed by atoms with Gasteiger partial charge < -0.3 is 15.6 Å². The molecule has 0 amide bonds. The van der Waals surface area contributed by atoms with E-state index < -0.39 is 0 Å². The Morgan fingerprint density at radius 3 is 2.59 bits per heavy atom. The van der Waals surface area contributed by atoms with Crippen LogP contribution in [0.5, 0.6) is 5.75 Å². The van der Waals surface area contributed by atoms with Crippen LogP contribution in [0.3, 0.4) is 0 Å². The van der Waals surface area contributed by atoms with Crippen LogP contribution in [0.25, 0.3) is 0 Å². The zero-order valence-electron chi connectivity index (χ0n) is 12.2. The fourth-order valence-corrected chi connectivity index (χ4v) is 2.07. The summed E-state index contributed by atoms with van der Waals surface area (Å²) in [7, 11) is 1.48. The molecule has 1 aliphatic carbocycles. The number of methoxy groups -OCH3 is 1. The molecule has 0 aromatic heterocycles. The van der Waals surface area contributed by atoms with E-state index in [0.29, 0.717) is 17.1 Å². The number of benzene rings is 1. The van der Waals surface area contributed by atoms with Crippen LogP contribution in [0.1, 0.15) is 12.8 Å². The Kier molecular flexibility index (Phi) is 5.00. The molecule has 0 heterocycles. The minimum absolute atomic E-state index is 0.0883. The topological polar surface area (TPSA) is 114 Å². The van der Waals surface area contributed by atoms with E-state index in [1.165, 1.54) is 7.11 Å². The van der Waals surface area contributed by atoms with Crippen molar-refractivity contribution in [3.05, 3.63) is 18.2 Å². The summed E-state index contributed by atoms with van der Waals surface area (Å²) in [5, 5.41) is 8.72. The smallest absolute Gasteiger partial charge is 0.183 e. The van der Waals surface area contributed by atoms with Gasteiger partial charge in [0.2, 0.25) is 0 Å². The van der Waals surface area contributed by atoms with Gasteiger partial charge in [-0.3, -0.25) is 14.6 Å². The van der Waals surface area contributed by atoms with Gasteiger partial charge in [0.05, 0.1) is 44.5 Å². The van der Waals surface area contributed by atoms with Gasteiger partial charge in [-0.2, -0.15) is 0 Å². The van der Waals surface area contributed by atoms with Crippen LogP contribution in [0.2, 0.25) is 0 Å². The average Bonchev–Trinajstić information content (AvgIpc) is 2.50. The fourth-order valence-electron chi connectivity index (χ4n) is 2.07. The van der Waals surface area contributed by atoms with Crippen molar-refractivity contribution in [2.45, 2.75) is 12.8 Å². The molecular formula is C15H17N3O4. The number of rotatable bonds is 4. The SMILES string of the molecule is COc1cc(N)ccc1N=C1CC(=O)C(=NCCO)CC1=O. The minimum atomic E-state index is -0.254. The van der Waals surface area contributed by atoms with Gasteiger partial charge in [-0.15, -0.1) is 0 Å². The number of anilines is 1. The van der Waals surface area contributed by atoms with Crippen molar-refractivity contribution in [1.82, 2.24) is 0 Å². The third kappa shape index (κ3) is 3.56. The van der Waals surface area contributed by atoms with Crippen LogP contribution in [0.4, 0.5) is 11.4 Å². The van der Waals surface area contributed by atoms with Gasteiger partial charge in [-0.1, -0.05) is 0 Å². The van der Waals surface area contributed by atoms with Crippen molar-refractivity contribution in [2.24, 2.45) is 9.98 Å². The predicted molar refractivity (Wildman–Crippen MR) is 83.1 cm³/mol. The fraction of sp³-hybridized carbons (Fsp3) is 0.333. The Labute approximate surface area is 127 Å². The van der Waals surface area contributed by atoms with Gasteiger partial charge in [0.15, 0.2) is 11.6 Å². The average molecular weight is 303 g/mol. The zero-order valence-corrected chi connectivity index (χ0v) is 12.2. The van der Waals surface area contributed by atoms with Crippen LogP contribution < -0.4 is 10.5 Å². The number of ketones is 2. The summed E-state index contributed by atoms with van der Waals surface area (Å²) in [6.07, 6.45) is -0.189. The number of carbonyl (C=O) groups excluding carboxylic acids is 2. The molecule has 0 aliphatic heterocycles. The second-order valence-electron chi connectivity index (χ2n) is 4.74. The highest BCUT2D eigenvalue weighted by Crippen LogP contribution is 2.30. The predicted octanol–water partition coefficient (Wildman–Crippen LogP) is 0.715. The largest absolute Gasteiger partial charge is 0.494 e. The van der Waals surface area contributed by atoms with E-state index in [9.17, 15) is 9.59 Å². The summed E-state index contributed by atoms with van der Waals surface area (Å²) in [6, 6.07) is 4.88. The standard InChI is InChI=1S/C15H17N3O4/c1-22-15-6-9(16)2-3-10(15)18-12-8-13(20)11(7-14(12)21)17-4-5-19/h2-3,6,19H,4-5,7-8,16H2,1H3. The lowest BCUT2D eigenvalue weighted by atomic mass is 9.93. The number of Topliss-reactive ketones (excluding diaryl/α,β-unsaturated/α-hetero) is 2. The van der Waals surface area contributed by atoms with Gasteiger partial charge in [-0.05, 0) is 12.1 Å². The Morgan fingerprint density at radius 1 is 1.23 bits per heavy atom. The minimum Gasteiger partial charge on any atom is -0.494 e. The Morgan fingerprint density at radius 2 is 1.91 bits per heavy atom. The molecule has 2 rings (SSSR count). The van der Waals surface area contributed by atoms with E-state index >= 15 is 0 Å². The number of aliphatic imine (C=N–C) groups is 2. The highest BCUT2D eigenvalue weighted by Gasteiger charge is 2.28. The lowest BCUT2D eigenvalue weighted by Crippen LogP contribution is -2.33. The first-order chi connectivity index (χ1) is 10.5. The van der Waals surface area contributed by atoms with Gasteiger partial charge in [0.1, 0.15) is 11.4 Å². The molecule has 1 aliphatic rings. The number of hydrogen-bond donors (Lipinski definition) is 2. The molecule has 0 spiro atoms. The maximum Gasteiger partial charge on any atom is 0.183 e. The molecule has 3 N–H and O–H groups in total. The van der Waals surface area contributed by atoms with Crippen LogP contribution in [0.15, 0.2) is 28.2 Å². The highest BCUT2D eigenvalue weighted by atomic mass is 16.5. The van der Waals surface area contributed by atoms with Crippen molar-refractivity contribution in [3.63, 3.8) is 0 Å². The number of nitrogens with two attached hydrogens (primary N) is 1. The molecule has 0 radical (unpaired) electrons. The van der Waals surface area contributed by atoms with Crippen molar-refractivity contribution in [2.75, 3.05) is 26.0 Å². The van der Waals surface area contributed by atoms with Gasteiger partial charge in [0.25, 0.3) is 0 Å². The zero-order chi connectivity index (χ0) is 16.1. The lowest BCUT2D eigenvalue weighted by molar-refractivity contribution is -0.116. The van der Waals surface area contributed by atoms with Crippen LogP contribution >= 0.6 is 0 Å². The molecule has 7 heteroatoms. The maximum absolute atomic E-state index is 12.1. The lowest BCUT2D eigenvalue weighted by Gasteiger charge is -2.14. The number of aliphatic hydroxyl groups excluding tert-OH is 1. The summed E-state index contributed by atoms with van der Waals surface area (Å²) in [5.41, 5.74) is 7.00. The summed E-state index contributed by atoms with van der Waals surface area (Å²) in [5.74, 6) is -0.0659. The van der Waals surface area contributed by atoms with Crippen LogP contribution in [-0.2, 0) is 9.59 Å². The molecule has 116 valence electrons. The second-order valence-corrected chi connectivity index (χ2v) is 4.74. The second kappa shape index (κ2) is 6.95. The molecule has 22 heavy (non-hydrogen) atoms. The summed E-state index contributed by atoms with van der Waals surface area (Å²) >= 11 is 0. The van der Waals surface area contributed by atoms with Crippen molar-refractivity contribution < 1.29 is 19.4 Å². The van der Waals surface area contributed by atoms with Crippen molar-refractivity contribution in [3.8, 4) is 5.75 Å². The Bertz CT molecular complexity index is 665. The van der Waals surface area contributed by atoms with Crippen molar-refractivity contribution in [1.29, 1.82) is 0 Å². The maximum atomic E-state index is 12.1. The number of nitrogen functional groups attached to an aromatic ring is 1. The van der Waals surface area contributed by atoms with E-state index in [4.69, 9.17) is 15.6 Å². The summed E-state index contributed by atoms with van der Waals surface area (Å²) < 4.78 is 5.17. The Hall–Kier alpha value is -2.54. The van der Waals surface area contributed by atoms with Gasteiger partial charge in [-0.25, -0.2) is 4.99 Å². The number of carbonyl (C=O) groups is 2. The number of aliphatic hydroxyl groups is 1. The quantitative estimate of drug-likeness (QED) is 0.795. The first-order valence-corrected chi connectivity index (χ1v) is 6.76. The van der Waals surface area contributed by atoms with E-state index in [-0.39, 0.29) is 49.0 Å². The Balaban J connectivity index is 2.27. The third-order valence-electron chi connectivity index (χ3n) is 3.16. The molecule has 0 bridgehead atoms. The number of hydrogen-bond acceptors (Lipinski definition) is 7. The van der Waals surface area contributed by atoms with E-state index in [1.807, 2.05) is 0 Å². The molecule has 7 nitrogen and oxygen atoms in total. The molecule has 1 aromatic rings. The number of nitrogens with zero attached hydrogens (tertiary/aromatic N) is 2. The molecule has 0 saturated heterocycles. The monoisotopic (exact) mass is 303 g/mol. The summed E-state index contributed by atoms with van der Waals surface area (Å²) in [6.45, 7) is -0.0405. The molecular weight excluding hydrogens is 286 g/mol. The molecule has 0 unspecified atom stereocenters. The summed E-state index contributed by atoms with van der Waals surface area (Å²) in [4.78, 5) is 32.2. The van der Waals surface area contributed by atoms with Gasteiger partial charge in [0, 0.05) is 11.8 Å². The molecule has 1 saturated carbocycles. The normalized spacial score (nSPS) is 19.0. The van der Waals surface area contributed by atoms with E-state index in [2.05, 4.69) is 9.98 Å². The van der Waals surface area contributed by atoms with Crippen molar-refractivity contribution >= 4 is 34.4 Å². The van der Waals surface area contributed by atoms with Gasteiger partial charge >= 0.3 is 0 Å². The third-order valence-corrected chi connectivity index (χ3v) is 3.16. The molecule has 1 fully saturated rings. The van der Waals surface area contributed by atoms with E-state index in [0.717, 1.165) is 0 Å².